The van der Waals surface area contributed by atoms with Crippen molar-refractivity contribution in [3.05, 3.63) is 72.1 Å². The maximum absolute atomic E-state index is 13.5. The highest BCUT2D eigenvalue weighted by Crippen LogP contribution is 2.26. The quantitative estimate of drug-likeness (QED) is 0.360. The molecule has 0 fully saturated rings. The lowest BCUT2D eigenvalue weighted by molar-refractivity contribution is -0.0501. The highest BCUT2D eigenvalue weighted by molar-refractivity contribution is 5.80. The zero-order valence-corrected chi connectivity index (χ0v) is 14.5. The molecule has 4 aromatic rings. The van der Waals surface area contributed by atoms with E-state index in [1.807, 2.05) is 0 Å². The normalized spacial score (nSPS) is 11.4. The molecule has 0 bridgehead atoms. The number of hydrogen-bond donors (Lipinski definition) is 0. The van der Waals surface area contributed by atoms with Gasteiger partial charge >= 0.3 is 6.61 Å². The van der Waals surface area contributed by atoms with E-state index in [0.29, 0.717) is 22.2 Å². The van der Waals surface area contributed by atoms with Crippen molar-refractivity contribution in [2.45, 2.75) is 13.2 Å². The van der Waals surface area contributed by atoms with Crippen molar-refractivity contribution in [3.63, 3.8) is 0 Å². The third-order valence-electron chi connectivity index (χ3n) is 4.14. The molecule has 1 aromatic carbocycles. The van der Waals surface area contributed by atoms with Crippen molar-refractivity contribution in [1.82, 2.24) is 19.7 Å². The predicted octanol–water partition coefficient (Wildman–Crippen LogP) is 4.56. The Morgan fingerprint density at radius 1 is 0.897 bits per heavy atom. The van der Waals surface area contributed by atoms with Gasteiger partial charge in [-0.1, -0.05) is 0 Å². The van der Waals surface area contributed by atoms with Gasteiger partial charge in [-0.3, -0.25) is 14.6 Å². The van der Waals surface area contributed by atoms with E-state index in [2.05, 4.69) is 19.8 Å². The number of pyridine rings is 2. The minimum absolute atomic E-state index is 0.0926. The smallest absolute Gasteiger partial charge is 0.387 e. The molecule has 0 aliphatic carbocycles. The number of rotatable bonds is 5. The summed E-state index contributed by atoms with van der Waals surface area (Å²) in [5, 5.41) is 4.19. The molecular formula is C19H11F5N4O. The van der Waals surface area contributed by atoms with Gasteiger partial charge in [-0.2, -0.15) is 13.9 Å². The first kappa shape index (κ1) is 18.8. The maximum atomic E-state index is 13.5. The number of halogens is 5. The summed E-state index contributed by atoms with van der Waals surface area (Å²) < 4.78 is 70.9. The average molecular weight is 406 g/mol. The summed E-state index contributed by atoms with van der Waals surface area (Å²) in [6.07, 6.45) is 5.50. The van der Waals surface area contributed by atoms with Crippen LogP contribution in [-0.4, -0.2) is 26.4 Å². The van der Waals surface area contributed by atoms with E-state index in [1.165, 1.54) is 29.3 Å². The van der Waals surface area contributed by atoms with Crippen molar-refractivity contribution in [2.24, 2.45) is 0 Å². The Labute approximate surface area is 160 Å². The fraction of sp³-hybridized carbons (Fsp3) is 0.105. The minimum atomic E-state index is -2.97. The number of ether oxygens (including phenoxy) is 1. The van der Waals surface area contributed by atoms with E-state index < -0.39 is 24.1 Å². The van der Waals surface area contributed by atoms with Gasteiger partial charge in [-0.05, 0) is 35.4 Å². The van der Waals surface area contributed by atoms with Gasteiger partial charge in [0.2, 0.25) is 0 Å². The summed E-state index contributed by atoms with van der Waals surface area (Å²) in [6.45, 7) is -2.81. The Morgan fingerprint density at radius 3 is 2.38 bits per heavy atom. The van der Waals surface area contributed by atoms with Crippen LogP contribution in [0.1, 0.15) is 5.56 Å². The maximum Gasteiger partial charge on any atom is 0.387 e. The number of nitrogens with zero attached hydrogens (tertiary/aromatic N) is 4. The van der Waals surface area contributed by atoms with Crippen LogP contribution in [0.3, 0.4) is 0 Å². The Bertz CT molecular complexity index is 1170. The summed E-state index contributed by atoms with van der Waals surface area (Å²) in [4.78, 5) is 8.05. The van der Waals surface area contributed by atoms with Crippen molar-refractivity contribution < 1.29 is 26.7 Å². The fourth-order valence-electron chi connectivity index (χ4n) is 2.85. The van der Waals surface area contributed by atoms with Gasteiger partial charge < -0.3 is 4.74 Å². The Balaban J connectivity index is 1.69. The number of aromatic nitrogens is 4. The number of benzene rings is 1. The molecule has 0 amide bonds. The monoisotopic (exact) mass is 406 g/mol. The fourth-order valence-corrected chi connectivity index (χ4v) is 2.85. The largest absolute Gasteiger partial charge is 0.433 e. The number of hydrogen-bond acceptors (Lipinski definition) is 4. The van der Waals surface area contributed by atoms with E-state index in [-0.39, 0.29) is 17.9 Å². The van der Waals surface area contributed by atoms with Crippen LogP contribution in [0.25, 0.3) is 22.2 Å². The minimum Gasteiger partial charge on any atom is -0.433 e. The van der Waals surface area contributed by atoms with Crippen LogP contribution in [0.5, 0.6) is 5.75 Å². The summed E-state index contributed by atoms with van der Waals surface area (Å²) in [5.41, 5.74) is 2.03. The molecule has 10 heteroatoms. The third-order valence-corrected chi connectivity index (χ3v) is 4.14. The standard InChI is InChI=1S/C19H11F5N4O/c20-14-2-11(3-15(21)18(14)22)12-4-17-16(26-6-12)8-27-28(17)9-10-1-13(7-25-5-10)29-19(23)24/h1-8,19H,9H2. The lowest BCUT2D eigenvalue weighted by Crippen LogP contribution is -2.05. The summed E-state index contributed by atoms with van der Waals surface area (Å²) >= 11 is 0. The van der Waals surface area contributed by atoms with Crippen LogP contribution >= 0.6 is 0 Å². The van der Waals surface area contributed by atoms with E-state index in [9.17, 15) is 22.0 Å². The molecule has 3 heterocycles. The van der Waals surface area contributed by atoms with Crippen molar-refractivity contribution >= 4 is 11.0 Å². The van der Waals surface area contributed by atoms with Crippen LogP contribution in [0.2, 0.25) is 0 Å². The Morgan fingerprint density at radius 2 is 1.66 bits per heavy atom. The molecule has 0 aliphatic rings. The first-order valence-electron chi connectivity index (χ1n) is 8.26. The molecule has 29 heavy (non-hydrogen) atoms. The van der Waals surface area contributed by atoms with Gasteiger partial charge in [0.1, 0.15) is 11.3 Å². The topological polar surface area (TPSA) is 52.8 Å². The van der Waals surface area contributed by atoms with Gasteiger partial charge in [0, 0.05) is 18.0 Å². The summed E-state index contributed by atoms with van der Waals surface area (Å²) in [7, 11) is 0. The van der Waals surface area contributed by atoms with E-state index in [4.69, 9.17) is 0 Å². The molecule has 0 spiro atoms. The van der Waals surface area contributed by atoms with Crippen molar-refractivity contribution in [1.29, 1.82) is 0 Å². The van der Waals surface area contributed by atoms with Crippen LogP contribution in [-0.2, 0) is 6.54 Å². The lowest BCUT2D eigenvalue weighted by Gasteiger charge is -2.08. The van der Waals surface area contributed by atoms with E-state index in [0.717, 1.165) is 18.3 Å². The Kier molecular flexibility index (Phi) is 4.83. The lowest BCUT2D eigenvalue weighted by atomic mass is 10.1. The first-order valence-corrected chi connectivity index (χ1v) is 8.26. The second-order valence-corrected chi connectivity index (χ2v) is 6.09. The number of alkyl halides is 2. The molecule has 4 rings (SSSR count). The molecule has 0 atom stereocenters. The second kappa shape index (κ2) is 7.46. The van der Waals surface area contributed by atoms with Crippen LogP contribution in [0, 0.1) is 17.5 Å². The zero-order valence-electron chi connectivity index (χ0n) is 14.5. The average Bonchev–Trinajstić information content (AvgIpc) is 3.07. The van der Waals surface area contributed by atoms with E-state index >= 15 is 0 Å². The van der Waals surface area contributed by atoms with Crippen LogP contribution in [0.15, 0.2) is 49.1 Å². The summed E-state index contributed by atoms with van der Waals surface area (Å²) in [5.74, 6) is -4.26. The molecule has 0 unspecified atom stereocenters. The molecule has 5 nitrogen and oxygen atoms in total. The van der Waals surface area contributed by atoms with Gasteiger partial charge in [-0.15, -0.1) is 0 Å². The molecular weight excluding hydrogens is 395 g/mol. The summed E-state index contributed by atoms with van der Waals surface area (Å²) in [6, 6.07) is 4.73. The van der Waals surface area contributed by atoms with Crippen molar-refractivity contribution in [2.75, 3.05) is 0 Å². The zero-order chi connectivity index (χ0) is 20.5. The molecule has 0 aliphatic heterocycles. The molecule has 148 valence electrons. The van der Waals surface area contributed by atoms with E-state index in [1.54, 1.807) is 6.07 Å². The molecule has 0 saturated heterocycles. The predicted molar refractivity (Wildman–Crippen MR) is 92.8 cm³/mol. The number of fused-ring (bicyclic) bond motifs is 1. The highest BCUT2D eigenvalue weighted by atomic mass is 19.3. The SMILES string of the molecule is Fc1cc(-c2cnc3cnn(Cc4cncc(OC(F)F)c4)c3c2)cc(F)c1F. The molecule has 0 radical (unpaired) electrons. The van der Waals surface area contributed by atoms with Gasteiger partial charge in [-0.25, -0.2) is 13.2 Å². The first-order chi connectivity index (χ1) is 13.9. The third kappa shape index (κ3) is 3.86. The van der Waals surface area contributed by atoms with Gasteiger partial charge in [0.05, 0.1) is 24.5 Å². The molecule has 3 aromatic heterocycles. The van der Waals surface area contributed by atoms with Crippen molar-refractivity contribution in [3.8, 4) is 16.9 Å². The van der Waals surface area contributed by atoms with Gasteiger partial charge in [0.15, 0.2) is 17.5 Å². The molecule has 0 N–H and O–H groups in total. The molecule has 0 saturated carbocycles. The van der Waals surface area contributed by atoms with Crippen LogP contribution in [0.4, 0.5) is 22.0 Å². The highest BCUT2D eigenvalue weighted by Gasteiger charge is 2.14. The Hall–Kier alpha value is -3.56. The second-order valence-electron chi connectivity index (χ2n) is 6.09. The van der Waals surface area contributed by atoms with Crippen LogP contribution < -0.4 is 4.74 Å². The van der Waals surface area contributed by atoms with Gasteiger partial charge in [0.25, 0.3) is 0 Å².